The van der Waals surface area contributed by atoms with Gasteiger partial charge in [0.2, 0.25) is 0 Å². The van der Waals surface area contributed by atoms with E-state index in [4.69, 9.17) is 10.5 Å². The summed E-state index contributed by atoms with van der Waals surface area (Å²) in [5.41, 5.74) is 7.48. The highest BCUT2D eigenvalue weighted by Crippen LogP contribution is 2.15. The molecule has 0 aliphatic heterocycles. The molecule has 0 atom stereocenters. The number of Topliss-reactive ketones (excluding diaryl/α,β-unsaturated/α-hetero) is 1. The van der Waals surface area contributed by atoms with E-state index >= 15 is 0 Å². The molecule has 0 aromatic heterocycles. The number of carbonyl (C=O) groups excluding carboxylic acids is 2. The number of benzene rings is 2. The van der Waals surface area contributed by atoms with Crippen LogP contribution in [0.4, 0.5) is 0 Å². The Balaban J connectivity index is 2.08. The lowest BCUT2D eigenvalue weighted by molar-refractivity contribution is 0.0734. The number of hydrogen-bond donors (Lipinski definition) is 1. The van der Waals surface area contributed by atoms with Crippen LogP contribution in [0, 0.1) is 0 Å². The Hall–Kier alpha value is -2.46. The SMILES string of the molecule is CC(=O)c1ccc(OC(=O)c2ccc(CN)cc2)cc1. The first-order valence-electron chi connectivity index (χ1n) is 6.22. The molecule has 2 rings (SSSR count). The average molecular weight is 269 g/mol. The molecule has 2 aromatic rings. The van der Waals surface area contributed by atoms with Gasteiger partial charge in [-0.15, -0.1) is 0 Å². The molecule has 2 aromatic carbocycles. The number of ether oxygens (including phenoxy) is 1. The summed E-state index contributed by atoms with van der Waals surface area (Å²) in [7, 11) is 0. The van der Waals surface area contributed by atoms with Gasteiger partial charge in [0.05, 0.1) is 5.56 Å². The molecule has 0 bridgehead atoms. The van der Waals surface area contributed by atoms with E-state index in [9.17, 15) is 9.59 Å². The highest BCUT2D eigenvalue weighted by molar-refractivity contribution is 5.94. The molecule has 0 amide bonds. The normalized spacial score (nSPS) is 10.1. The van der Waals surface area contributed by atoms with Crippen LogP contribution < -0.4 is 10.5 Å². The van der Waals surface area contributed by atoms with E-state index in [0.717, 1.165) is 5.56 Å². The van der Waals surface area contributed by atoms with Gasteiger partial charge in [0, 0.05) is 12.1 Å². The summed E-state index contributed by atoms with van der Waals surface area (Å²) in [5.74, 6) is -0.0627. The number of hydrogen-bond acceptors (Lipinski definition) is 4. The molecular formula is C16H15NO3. The lowest BCUT2D eigenvalue weighted by atomic mass is 10.1. The van der Waals surface area contributed by atoms with Crippen molar-refractivity contribution in [3.05, 3.63) is 65.2 Å². The Bertz CT molecular complexity index is 615. The summed E-state index contributed by atoms with van der Waals surface area (Å²) >= 11 is 0. The van der Waals surface area contributed by atoms with Crippen LogP contribution in [0.2, 0.25) is 0 Å². The van der Waals surface area contributed by atoms with Crippen molar-refractivity contribution in [2.45, 2.75) is 13.5 Å². The monoisotopic (exact) mass is 269 g/mol. The quantitative estimate of drug-likeness (QED) is 0.526. The molecule has 4 nitrogen and oxygen atoms in total. The highest BCUT2D eigenvalue weighted by Gasteiger charge is 2.08. The molecule has 0 saturated heterocycles. The Morgan fingerprint density at radius 2 is 1.50 bits per heavy atom. The van der Waals surface area contributed by atoms with E-state index < -0.39 is 5.97 Å². The van der Waals surface area contributed by atoms with Crippen molar-refractivity contribution in [1.29, 1.82) is 0 Å². The minimum absolute atomic E-state index is 0.0275. The fourth-order valence-electron chi connectivity index (χ4n) is 1.70. The predicted molar refractivity (Wildman–Crippen MR) is 75.7 cm³/mol. The van der Waals surface area contributed by atoms with E-state index in [2.05, 4.69) is 0 Å². The maximum absolute atomic E-state index is 11.9. The molecule has 4 heteroatoms. The van der Waals surface area contributed by atoms with Crippen molar-refractivity contribution in [2.75, 3.05) is 0 Å². The van der Waals surface area contributed by atoms with Gasteiger partial charge in [0.15, 0.2) is 5.78 Å². The van der Waals surface area contributed by atoms with E-state index in [-0.39, 0.29) is 5.78 Å². The van der Waals surface area contributed by atoms with E-state index in [1.165, 1.54) is 6.92 Å². The lowest BCUT2D eigenvalue weighted by Crippen LogP contribution is -2.09. The highest BCUT2D eigenvalue weighted by atomic mass is 16.5. The van der Waals surface area contributed by atoms with Crippen molar-refractivity contribution >= 4 is 11.8 Å². The molecule has 102 valence electrons. The Morgan fingerprint density at radius 3 is 2.00 bits per heavy atom. The van der Waals surface area contributed by atoms with Crippen molar-refractivity contribution in [2.24, 2.45) is 5.73 Å². The first-order valence-corrected chi connectivity index (χ1v) is 6.22. The smallest absolute Gasteiger partial charge is 0.343 e. The van der Waals surface area contributed by atoms with Gasteiger partial charge in [-0.05, 0) is 48.9 Å². The molecule has 20 heavy (non-hydrogen) atoms. The molecule has 0 saturated carbocycles. The molecule has 0 spiro atoms. The van der Waals surface area contributed by atoms with Crippen molar-refractivity contribution in [3.63, 3.8) is 0 Å². The summed E-state index contributed by atoms with van der Waals surface area (Å²) in [5, 5.41) is 0. The lowest BCUT2D eigenvalue weighted by Gasteiger charge is -2.05. The van der Waals surface area contributed by atoms with Gasteiger partial charge in [-0.3, -0.25) is 4.79 Å². The summed E-state index contributed by atoms with van der Waals surface area (Å²) in [6.45, 7) is 1.92. The van der Waals surface area contributed by atoms with Gasteiger partial charge in [-0.25, -0.2) is 4.79 Å². The molecular weight excluding hydrogens is 254 g/mol. The second-order valence-corrected chi connectivity index (χ2v) is 4.37. The topological polar surface area (TPSA) is 69.4 Å². The third kappa shape index (κ3) is 3.30. The zero-order valence-electron chi connectivity index (χ0n) is 11.1. The van der Waals surface area contributed by atoms with Crippen LogP contribution in [0.15, 0.2) is 48.5 Å². The van der Waals surface area contributed by atoms with Crippen molar-refractivity contribution < 1.29 is 14.3 Å². The van der Waals surface area contributed by atoms with Gasteiger partial charge >= 0.3 is 5.97 Å². The van der Waals surface area contributed by atoms with Gasteiger partial charge in [-0.1, -0.05) is 12.1 Å². The van der Waals surface area contributed by atoms with Crippen LogP contribution in [0.1, 0.15) is 33.2 Å². The Kier molecular flexibility index (Phi) is 4.27. The zero-order valence-corrected chi connectivity index (χ0v) is 11.1. The van der Waals surface area contributed by atoms with Gasteiger partial charge in [0.25, 0.3) is 0 Å². The van der Waals surface area contributed by atoms with E-state index in [1.807, 2.05) is 0 Å². The molecule has 0 unspecified atom stereocenters. The third-order valence-electron chi connectivity index (χ3n) is 2.90. The molecule has 0 aliphatic carbocycles. The van der Waals surface area contributed by atoms with Crippen LogP contribution in [-0.4, -0.2) is 11.8 Å². The second kappa shape index (κ2) is 6.12. The molecule has 0 fully saturated rings. The molecule has 0 heterocycles. The molecule has 0 aliphatic rings. The van der Waals surface area contributed by atoms with Gasteiger partial charge in [0.1, 0.15) is 5.75 Å². The predicted octanol–water partition coefficient (Wildman–Crippen LogP) is 2.57. The summed E-state index contributed by atoms with van der Waals surface area (Å²) in [4.78, 5) is 23.1. The third-order valence-corrected chi connectivity index (χ3v) is 2.90. The first kappa shape index (κ1) is 14.0. The maximum atomic E-state index is 11.9. The fraction of sp³-hybridized carbons (Fsp3) is 0.125. The number of esters is 1. The standard InChI is InChI=1S/C16H15NO3/c1-11(18)13-6-8-15(9-7-13)20-16(19)14-4-2-12(10-17)3-5-14/h2-9H,10,17H2,1H3. The number of nitrogens with two attached hydrogens (primary N) is 1. The van der Waals surface area contributed by atoms with Gasteiger partial charge in [-0.2, -0.15) is 0 Å². The summed E-state index contributed by atoms with van der Waals surface area (Å²) < 4.78 is 5.23. The van der Waals surface area contributed by atoms with Crippen LogP contribution in [0.5, 0.6) is 5.75 Å². The molecule has 0 radical (unpaired) electrons. The second-order valence-electron chi connectivity index (χ2n) is 4.37. The Morgan fingerprint density at radius 1 is 0.950 bits per heavy atom. The number of carbonyl (C=O) groups is 2. The summed E-state index contributed by atoms with van der Waals surface area (Å²) in [6.07, 6.45) is 0. The average Bonchev–Trinajstić information content (AvgIpc) is 2.48. The van der Waals surface area contributed by atoms with Crippen LogP contribution in [0.25, 0.3) is 0 Å². The summed E-state index contributed by atoms with van der Waals surface area (Å²) in [6, 6.07) is 13.4. The van der Waals surface area contributed by atoms with Gasteiger partial charge < -0.3 is 10.5 Å². The largest absolute Gasteiger partial charge is 0.423 e. The van der Waals surface area contributed by atoms with Crippen molar-refractivity contribution in [1.82, 2.24) is 0 Å². The van der Waals surface area contributed by atoms with Crippen molar-refractivity contribution in [3.8, 4) is 5.75 Å². The Labute approximate surface area is 117 Å². The minimum atomic E-state index is -0.441. The van der Waals surface area contributed by atoms with Crippen LogP contribution in [-0.2, 0) is 6.54 Å². The minimum Gasteiger partial charge on any atom is -0.423 e. The van der Waals surface area contributed by atoms with E-state index in [1.54, 1.807) is 48.5 Å². The maximum Gasteiger partial charge on any atom is 0.343 e. The zero-order chi connectivity index (χ0) is 14.5. The van der Waals surface area contributed by atoms with E-state index in [0.29, 0.717) is 23.4 Å². The number of ketones is 1. The van der Waals surface area contributed by atoms with Crippen LogP contribution in [0.3, 0.4) is 0 Å². The molecule has 2 N–H and O–H groups in total. The first-order chi connectivity index (χ1) is 9.60. The number of rotatable bonds is 4. The fourth-order valence-corrected chi connectivity index (χ4v) is 1.70. The van der Waals surface area contributed by atoms with Crippen LogP contribution >= 0.6 is 0 Å².